The van der Waals surface area contributed by atoms with Crippen molar-refractivity contribution in [2.24, 2.45) is 17.3 Å². The van der Waals surface area contributed by atoms with Crippen LogP contribution in [0.2, 0.25) is 0 Å². The van der Waals surface area contributed by atoms with Crippen LogP contribution in [0.4, 0.5) is 0 Å². The number of amides is 1. The summed E-state index contributed by atoms with van der Waals surface area (Å²) in [7, 11) is 0. The normalized spacial score (nSPS) is 34.1. The summed E-state index contributed by atoms with van der Waals surface area (Å²) >= 11 is 0. The second-order valence-corrected chi connectivity index (χ2v) is 7.37. The Kier molecular flexibility index (Phi) is 4.34. The fraction of sp³-hybridized carbons (Fsp3) is 0.812. The minimum atomic E-state index is 0.0733. The molecule has 0 aromatic rings. The van der Waals surface area contributed by atoms with Crippen LogP contribution >= 0.6 is 0 Å². The third kappa shape index (κ3) is 3.82. The zero-order valence-electron chi connectivity index (χ0n) is 12.6. The Labute approximate surface area is 117 Å². The van der Waals surface area contributed by atoms with Crippen molar-refractivity contribution in [3.63, 3.8) is 0 Å². The second kappa shape index (κ2) is 5.66. The molecule has 1 amide bonds. The van der Waals surface area contributed by atoms with E-state index in [0.29, 0.717) is 18.4 Å². The Morgan fingerprint density at radius 2 is 2.21 bits per heavy atom. The highest BCUT2D eigenvalue weighted by atomic mass is 16.1. The van der Waals surface area contributed by atoms with Gasteiger partial charge in [0.15, 0.2) is 0 Å². The van der Waals surface area contributed by atoms with Crippen molar-refractivity contribution in [1.29, 1.82) is 0 Å². The molecule has 3 nitrogen and oxygen atoms in total. The predicted octanol–water partition coefficient (Wildman–Crippen LogP) is 2.44. The number of carbonyl (C=O) groups excluding carboxylic acids is 1. The third-order valence-electron chi connectivity index (χ3n) is 4.46. The largest absolute Gasteiger partial charge is 0.355 e. The van der Waals surface area contributed by atoms with E-state index in [-0.39, 0.29) is 11.3 Å². The molecule has 3 heteroatoms. The summed E-state index contributed by atoms with van der Waals surface area (Å²) in [6.45, 7) is 13.4. The highest BCUT2D eigenvalue weighted by Gasteiger charge is 2.38. The minimum absolute atomic E-state index is 0.0733. The van der Waals surface area contributed by atoms with Gasteiger partial charge in [-0.05, 0) is 36.6 Å². The van der Waals surface area contributed by atoms with Gasteiger partial charge in [0, 0.05) is 25.6 Å². The molecule has 2 bridgehead atoms. The van der Waals surface area contributed by atoms with Gasteiger partial charge in [-0.25, -0.2) is 0 Å². The lowest BCUT2D eigenvalue weighted by atomic mass is 9.75. The van der Waals surface area contributed by atoms with Gasteiger partial charge in [0.1, 0.15) is 0 Å². The van der Waals surface area contributed by atoms with Crippen molar-refractivity contribution in [2.45, 2.75) is 46.1 Å². The molecule has 3 fully saturated rings. The fourth-order valence-corrected chi connectivity index (χ4v) is 3.43. The summed E-state index contributed by atoms with van der Waals surface area (Å²) in [4.78, 5) is 14.4. The second-order valence-electron chi connectivity index (χ2n) is 7.37. The molecule has 3 heterocycles. The minimum Gasteiger partial charge on any atom is -0.355 e. The maximum atomic E-state index is 11.9. The van der Waals surface area contributed by atoms with E-state index in [9.17, 15) is 4.79 Å². The number of carbonyl (C=O) groups is 1. The maximum Gasteiger partial charge on any atom is 0.220 e. The zero-order chi connectivity index (χ0) is 14.0. The molecular formula is C16H28N2O. The average molecular weight is 264 g/mol. The molecular weight excluding hydrogens is 236 g/mol. The molecule has 1 N–H and O–H groups in total. The van der Waals surface area contributed by atoms with Gasteiger partial charge in [0.05, 0.1) is 0 Å². The SMILES string of the molecule is C=CC1CN2CCC1CC2CNC(=O)CC(C)(C)C. The quantitative estimate of drug-likeness (QED) is 0.791. The topological polar surface area (TPSA) is 32.3 Å². The lowest BCUT2D eigenvalue weighted by Crippen LogP contribution is -2.56. The fourth-order valence-electron chi connectivity index (χ4n) is 3.43. The van der Waals surface area contributed by atoms with Gasteiger partial charge in [-0.15, -0.1) is 6.58 Å². The number of nitrogens with one attached hydrogen (secondary N) is 1. The predicted molar refractivity (Wildman–Crippen MR) is 78.9 cm³/mol. The third-order valence-corrected chi connectivity index (χ3v) is 4.46. The van der Waals surface area contributed by atoms with E-state index in [1.54, 1.807) is 0 Å². The first kappa shape index (κ1) is 14.6. The van der Waals surface area contributed by atoms with Crippen LogP contribution in [-0.4, -0.2) is 36.5 Å². The summed E-state index contributed by atoms with van der Waals surface area (Å²) in [6, 6.07) is 0.541. The average Bonchev–Trinajstić information content (AvgIpc) is 2.35. The summed E-state index contributed by atoms with van der Waals surface area (Å²) < 4.78 is 0. The van der Waals surface area contributed by atoms with Crippen molar-refractivity contribution in [3.8, 4) is 0 Å². The summed E-state index contributed by atoms with van der Waals surface area (Å²) in [6.07, 6.45) is 5.24. The van der Waals surface area contributed by atoms with Gasteiger partial charge >= 0.3 is 0 Å². The van der Waals surface area contributed by atoms with Crippen LogP contribution in [0.3, 0.4) is 0 Å². The monoisotopic (exact) mass is 264 g/mol. The van der Waals surface area contributed by atoms with E-state index in [0.717, 1.165) is 19.0 Å². The molecule has 3 saturated heterocycles. The Balaban J connectivity index is 1.79. The van der Waals surface area contributed by atoms with Crippen LogP contribution in [-0.2, 0) is 4.79 Å². The van der Waals surface area contributed by atoms with E-state index in [1.165, 1.54) is 19.4 Å². The number of fused-ring (bicyclic) bond motifs is 3. The molecule has 0 saturated carbocycles. The van der Waals surface area contributed by atoms with E-state index in [1.807, 2.05) is 0 Å². The van der Waals surface area contributed by atoms with E-state index in [2.05, 4.69) is 43.6 Å². The summed E-state index contributed by atoms with van der Waals surface area (Å²) in [5, 5.41) is 3.12. The molecule has 3 aliphatic rings. The van der Waals surface area contributed by atoms with Crippen LogP contribution < -0.4 is 5.32 Å². The smallest absolute Gasteiger partial charge is 0.220 e. The molecule has 108 valence electrons. The first-order valence-electron chi connectivity index (χ1n) is 7.52. The number of hydrogen-bond donors (Lipinski definition) is 1. The Hall–Kier alpha value is -0.830. The Bertz CT molecular complexity index is 345. The Morgan fingerprint density at radius 3 is 2.74 bits per heavy atom. The molecule has 0 radical (unpaired) electrons. The van der Waals surface area contributed by atoms with E-state index >= 15 is 0 Å². The van der Waals surface area contributed by atoms with Gasteiger partial charge in [-0.3, -0.25) is 9.69 Å². The van der Waals surface area contributed by atoms with Gasteiger partial charge < -0.3 is 5.32 Å². The van der Waals surface area contributed by atoms with Crippen molar-refractivity contribution >= 4 is 5.91 Å². The molecule has 3 rings (SSSR count). The maximum absolute atomic E-state index is 11.9. The molecule has 4 atom stereocenters. The van der Waals surface area contributed by atoms with Gasteiger partial charge in [0.25, 0.3) is 0 Å². The highest BCUT2D eigenvalue weighted by molar-refractivity contribution is 5.76. The van der Waals surface area contributed by atoms with Crippen LogP contribution in [0.25, 0.3) is 0 Å². The first-order valence-corrected chi connectivity index (χ1v) is 7.52. The van der Waals surface area contributed by atoms with Gasteiger partial charge in [0.2, 0.25) is 5.91 Å². The number of piperidine rings is 3. The Morgan fingerprint density at radius 1 is 1.47 bits per heavy atom. The lowest BCUT2D eigenvalue weighted by Gasteiger charge is -2.49. The summed E-state index contributed by atoms with van der Waals surface area (Å²) in [5.41, 5.74) is 0.0733. The van der Waals surface area contributed by atoms with Gasteiger partial charge in [-0.1, -0.05) is 26.8 Å². The molecule has 19 heavy (non-hydrogen) atoms. The van der Waals surface area contributed by atoms with Gasteiger partial charge in [-0.2, -0.15) is 0 Å². The van der Waals surface area contributed by atoms with E-state index in [4.69, 9.17) is 0 Å². The molecule has 0 aromatic heterocycles. The molecule has 0 aromatic carbocycles. The number of hydrogen-bond acceptors (Lipinski definition) is 2. The molecule has 0 spiro atoms. The van der Waals surface area contributed by atoms with Crippen LogP contribution in [0, 0.1) is 17.3 Å². The number of rotatable bonds is 4. The van der Waals surface area contributed by atoms with Crippen LogP contribution in [0.5, 0.6) is 0 Å². The molecule has 0 aliphatic carbocycles. The van der Waals surface area contributed by atoms with Crippen molar-refractivity contribution in [3.05, 3.63) is 12.7 Å². The van der Waals surface area contributed by atoms with Crippen molar-refractivity contribution in [1.82, 2.24) is 10.2 Å². The lowest BCUT2D eigenvalue weighted by molar-refractivity contribution is -0.123. The van der Waals surface area contributed by atoms with Crippen molar-refractivity contribution in [2.75, 3.05) is 19.6 Å². The number of nitrogens with zero attached hydrogens (tertiary/aromatic N) is 1. The standard InChI is InChI=1S/C16H28N2O/c1-5-12-11-18-7-6-13(12)8-14(18)10-17-15(19)9-16(2,3)4/h5,12-14H,1,6-11H2,2-4H3,(H,17,19). The van der Waals surface area contributed by atoms with Crippen LogP contribution in [0.15, 0.2) is 12.7 Å². The van der Waals surface area contributed by atoms with Crippen molar-refractivity contribution < 1.29 is 4.79 Å². The molecule has 4 unspecified atom stereocenters. The zero-order valence-corrected chi connectivity index (χ0v) is 12.6. The highest BCUT2D eigenvalue weighted by Crippen LogP contribution is 2.36. The van der Waals surface area contributed by atoms with E-state index < -0.39 is 0 Å². The molecule has 3 aliphatic heterocycles. The first-order chi connectivity index (χ1) is 8.89. The van der Waals surface area contributed by atoms with Crippen LogP contribution in [0.1, 0.15) is 40.0 Å². The summed E-state index contributed by atoms with van der Waals surface area (Å²) in [5.74, 6) is 1.64.